The average molecular weight is 248 g/mol. The van der Waals surface area contributed by atoms with Crippen molar-refractivity contribution in [3.8, 4) is 11.5 Å². The summed E-state index contributed by atoms with van der Waals surface area (Å²) in [4.78, 5) is 10.8. The monoisotopic (exact) mass is 248 g/mol. The molecular weight excluding hydrogens is 232 g/mol. The first-order chi connectivity index (χ1) is 8.56. The van der Waals surface area contributed by atoms with E-state index in [2.05, 4.69) is 0 Å². The highest BCUT2D eigenvalue weighted by molar-refractivity contribution is 5.88. The lowest BCUT2D eigenvalue weighted by molar-refractivity contribution is -0.112. The number of carbonyl (C=O) groups excluding carboxylic acids is 1. The minimum Gasteiger partial charge on any atom is -0.508 e. The topological polar surface area (TPSA) is 55.8 Å². The van der Waals surface area contributed by atoms with E-state index in [0.29, 0.717) is 11.5 Å². The maximum absolute atomic E-state index is 10.8. The molecule has 0 heterocycles. The van der Waals surface area contributed by atoms with Crippen LogP contribution < -0.4 is 9.47 Å². The molecule has 4 nitrogen and oxygen atoms in total. The normalized spacial score (nSPS) is 11.6. The van der Waals surface area contributed by atoms with Gasteiger partial charge in [-0.2, -0.15) is 0 Å². The molecular formula is C14H16O4. The third-order valence-electron chi connectivity index (χ3n) is 2.23. The van der Waals surface area contributed by atoms with Gasteiger partial charge in [-0.3, -0.25) is 4.79 Å². The van der Waals surface area contributed by atoms with Crippen molar-refractivity contribution in [2.45, 2.75) is 6.92 Å². The number of aliphatic hydroxyl groups is 1. The zero-order valence-electron chi connectivity index (χ0n) is 10.6. The van der Waals surface area contributed by atoms with Gasteiger partial charge >= 0.3 is 0 Å². The fraction of sp³-hybridized carbons (Fsp3) is 0.214. The van der Waals surface area contributed by atoms with E-state index in [9.17, 15) is 9.90 Å². The summed E-state index contributed by atoms with van der Waals surface area (Å²) in [7, 11) is 3.13. The van der Waals surface area contributed by atoms with Gasteiger partial charge in [-0.05, 0) is 31.2 Å². The molecule has 0 amide bonds. The Bertz CT molecular complexity index is 487. The molecule has 1 N–H and O–H groups in total. The van der Waals surface area contributed by atoms with Crippen molar-refractivity contribution in [3.05, 3.63) is 41.7 Å². The zero-order valence-corrected chi connectivity index (χ0v) is 10.6. The molecule has 0 unspecified atom stereocenters. The molecule has 0 aliphatic carbocycles. The Hall–Kier alpha value is -2.23. The molecule has 0 saturated heterocycles. The van der Waals surface area contributed by atoms with Crippen LogP contribution in [0.1, 0.15) is 12.5 Å². The van der Waals surface area contributed by atoms with Crippen LogP contribution in [0.25, 0.3) is 6.08 Å². The summed E-state index contributed by atoms with van der Waals surface area (Å²) >= 11 is 0. The van der Waals surface area contributed by atoms with Gasteiger partial charge in [0.2, 0.25) is 0 Å². The Labute approximate surface area is 106 Å². The summed E-state index contributed by atoms with van der Waals surface area (Å²) < 4.78 is 10.3. The van der Waals surface area contributed by atoms with Gasteiger partial charge < -0.3 is 14.6 Å². The first kappa shape index (κ1) is 13.8. The minimum atomic E-state index is -0.209. The van der Waals surface area contributed by atoms with Crippen LogP contribution in [0.3, 0.4) is 0 Å². The highest BCUT2D eigenvalue weighted by Gasteiger charge is 2.02. The smallest absolute Gasteiger partial charge is 0.156 e. The lowest BCUT2D eigenvalue weighted by atomic mass is 10.1. The van der Waals surface area contributed by atoms with E-state index in [-0.39, 0.29) is 11.5 Å². The van der Waals surface area contributed by atoms with E-state index in [0.717, 1.165) is 11.6 Å². The van der Waals surface area contributed by atoms with Gasteiger partial charge in [-0.1, -0.05) is 0 Å². The third kappa shape index (κ3) is 3.97. The number of methoxy groups -OCH3 is 2. The number of ketones is 1. The summed E-state index contributed by atoms with van der Waals surface area (Å²) in [6, 6.07) is 5.33. The highest BCUT2D eigenvalue weighted by atomic mass is 16.5. The average Bonchev–Trinajstić information content (AvgIpc) is 2.35. The number of rotatable bonds is 5. The second kappa shape index (κ2) is 6.49. The summed E-state index contributed by atoms with van der Waals surface area (Å²) in [5.41, 5.74) is 0.779. The van der Waals surface area contributed by atoms with E-state index in [1.165, 1.54) is 13.0 Å². The van der Waals surface area contributed by atoms with Crippen molar-refractivity contribution >= 4 is 11.9 Å². The van der Waals surface area contributed by atoms with Gasteiger partial charge in [-0.25, -0.2) is 0 Å². The van der Waals surface area contributed by atoms with Gasteiger partial charge in [0.1, 0.15) is 17.3 Å². The van der Waals surface area contributed by atoms with Crippen molar-refractivity contribution in [2.75, 3.05) is 14.2 Å². The predicted octanol–water partition coefficient (Wildman–Crippen LogP) is 2.75. The van der Waals surface area contributed by atoms with Crippen LogP contribution in [0.2, 0.25) is 0 Å². The fourth-order valence-electron chi connectivity index (χ4n) is 1.39. The molecule has 1 rings (SSSR count). The molecule has 96 valence electrons. The van der Waals surface area contributed by atoms with E-state index in [1.807, 2.05) is 0 Å². The Balaban J connectivity index is 2.97. The molecule has 1 aromatic carbocycles. The molecule has 0 aliphatic rings. The maximum atomic E-state index is 10.8. The Morgan fingerprint density at radius 1 is 1.28 bits per heavy atom. The van der Waals surface area contributed by atoms with Crippen LogP contribution in [0, 0.1) is 0 Å². The first-order valence-electron chi connectivity index (χ1n) is 5.38. The van der Waals surface area contributed by atoms with Crippen LogP contribution in [0.5, 0.6) is 11.5 Å². The van der Waals surface area contributed by atoms with E-state index < -0.39 is 0 Å². The Morgan fingerprint density at radius 3 is 2.56 bits per heavy atom. The molecule has 0 atom stereocenters. The summed E-state index contributed by atoms with van der Waals surface area (Å²) in [5.74, 6) is 1.01. The van der Waals surface area contributed by atoms with Crippen LogP contribution in [-0.2, 0) is 4.79 Å². The first-order valence-corrected chi connectivity index (χ1v) is 5.38. The van der Waals surface area contributed by atoms with Crippen molar-refractivity contribution in [1.29, 1.82) is 0 Å². The van der Waals surface area contributed by atoms with Crippen LogP contribution >= 0.6 is 0 Å². The van der Waals surface area contributed by atoms with Crippen molar-refractivity contribution in [2.24, 2.45) is 0 Å². The Kier molecular flexibility index (Phi) is 4.99. The quantitative estimate of drug-likeness (QED) is 0.494. The van der Waals surface area contributed by atoms with Crippen LogP contribution in [0.15, 0.2) is 36.1 Å². The molecule has 18 heavy (non-hydrogen) atoms. The lowest BCUT2D eigenvalue weighted by Gasteiger charge is -2.07. The highest BCUT2D eigenvalue weighted by Crippen LogP contribution is 2.25. The zero-order chi connectivity index (χ0) is 13.5. The van der Waals surface area contributed by atoms with Crippen LogP contribution in [0.4, 0.5) is 0 Å². The molecule has 4 heteroatoms. The molecule has 0 spiro atoms. The van der Waals surface area contributed by atoms with Crippen molar-refractivity contribution < 1.29 is 19.4 Å². The van der Waals surface area contributed by atoms with E-state index >= 15 is 0 Å². The largest absolute Gasteiger partial charge is 0.508 e. The van der Waals surface area contributed by atoms with Gasteiger partial charge in [0.15, 0.2) is 5.78 Å². The molecule has 0 radical (unpaired) electrons. The lowest BCUT2D eigenvalue weighted by Crippen LogP contribution is -1.90. The second-order valence-corrected chi connectivity index (χ2v) is 3.62. The van der Waals surface area contributed by atoms with E-state index in [4.69, 9.17) is 9.47 Å². The van der Waals surface area contributed by atoms with E-state index in [1.54, 1.807) is 38.5 Å². The van der Waals surface area contributed by atoms with Gasteiger partial charge in [-0.15, -0.1) is 0 Å². The molecule has 0 aromatic heterocycles. The van der Waals surface area contributed by atoms with Gasteiger partial charge in [0.05, 0.1) is 14.2 Å². The van der Waals surface area contributed by atoms with Crippen molar-refractivity contribution in [3.63, 3.8) is 0 Å². The molecule has 1 aromatic rings. The fourth-order valence-corrected chi connectivity index (χ4v) is 1.39. The number of hydrogen-bond donors (Lipinski definition) is 1. The number of ether oxygens (including phenoxy) is 2. The van der Waals surface area contributed by atoms with Gasteiger partial charge in [0, 0.05) is 17.7 Å². The molecule has 0 aliphatic heterocycles. The number of aliphatic hydroxyl groups excluding tert-OH is 1. The number of allylic oxidation sites excluding steroid dienone is 2. The molecule has 0 fully saturated rings. The Morgan fingerprint density at radius 2 is 2.00 bits per heavy atom. The van der Waals surface area contributed by atoms with Gasteiger partial charge in [0.25, 0.3) is 0 Å². The number of benzene rings is 1. The third-order valence-corrected chi connectivity index (χ3v) is 2.23. The SMILES string of the molecule is COc1ccc(/C=C/C(O)=C/C(C)=O)c(OC)c1. The maximum Gasteiger partial charge on any atom is 0.156 e. The van der Waals surface area contributed by atoms with Crippen LogP contribution in [-0.4, -0.2) is 25.1 Å². The predicted molar refractivity (Wildman–Crippen MR) is 70.0 cm³/mol. The second-order valence-electron chi connectivity index (χ2n) is 3.62. The molecule has 0 bridgehead atoms. The minimum absolute atomic E-state index is 0.0969. The van der Waals surface area contributed by atoms with Crippen molar-refractivity contribution in [1.82, 2.24) is 0 Å². The summed E-state index contributed by atoms with van der Waals surface area (Å²) in [6.45, 7) is 1.37. The molecule has 0 saturated carbocycles. The number of hydrogen-bond acceptors (Lipinski definition) is 4. The number of carbonyl (C=O) groups is 1. The standard InChI is InChI=1S/C14H16O4/c1-10(15)8-12(16)6-4-11-5-7-13(17-2)9-14(11)18-3/h4-9,16H,1-3H3/b6-4+,12-8-. The summed E-state index contributed by atoms with van der Waals surface area (Å²) in [6.07, 6.45) is 4.24. The summed E-state index contributed by atoms with van der Waals surface area (Å²) in [5, 5.41) is 9.43.